The highest BCUT2D eigenvalue weighted by Gasteiger charge is 2.13. The highest BCUT2D eigenvalue weighted by Crippen LogP contribution is 2.16. The van der Waals surface area contributed by atoms with Crippen molar-refractivity contribution in [2.24, 2.45) is 4.99 Å². The highest BCUT2D eigenvalue weighted by atomic mass is 127. The second-order valence-electron chi connectivity index (χ2n) is 6.09. The van der Waals surface area contributed by atoms with Crippen LogP contribution in [0.2, 0.25) is 0 Å². The minimum absolute atomic E-state index is 0. The summed E-state index contributed by atoms with van der Waals surface area (Å²) in [6.45, 7) is 5.14. The molecule has 0 aliphatic rings. The van der Waals surface area contributed by atoms with E-state index in [9.17, 15) is 12.8 Å². The van der Waals surface area contributed by atoms with Gasteiger partial charge in [0.1, 0.15) is 11.0 Å². The van der Waals surface area contributed by atoms with E-state index in [0.29, 0.717) is 25.6 Å². The second kappa shape index (κ2) is 13.3. The number of sulfonamides is 1. The minimum Gasteiger partial charge on any atom is -0.486 e. The summed E-state index contributed by atoms with van der Waals surface area (Å²) in [7, 11) is -3.60. The van der Waals surface area contributed by atoms with Crippen molar-refractivity contribution in [3.63, 3.8) is 0 Å². The number of hydrogen-bond donors (Lipinski definition) is 3. The Balaban J connectivity index is 0.00000450. The Labute approximate surface area is 193 Å². The first-order chi connectivity index (χ1) is 13.9. The molecule has 1 aromatic carbocycles. The first-order valence-corrected chi connectivity index (χ1v) is 10.7. The number of halogens is 2. The normalized spacial score (nSPS) is 12.6. The molecule has 3 N–H and O–H groups in total. The van der Waals surface area contributed by atoms with Crippen molar-refractivity contribution in [1.29, 1.82) is 0 Å². The van der Waals surface area contributed by atoms with E-state index in [1.807, 2.05) is 6.92 Å². The second-order valence-corrected chi connectivity index (χ2v) is 7.86. The lowest BCUT2D eigenvalue weighted by molar-refractivity contribution is 0.220. The van der Waals surface area contributed by atoms with Crippen molar-refractivity contribution >= 4 is 40.0 Å². The summed E-state index contributed by atoms with van der Waals surface area (Å²) in [6.07, 6.45) is 2.46. The quantitative estimate of drug-likeness (QED) is 0.181. The molecule has 166 valence electrons. The Morgan fingerprint density at radius 3 is 2.63 bits per heavy atom. The molecule has 1 unspecified atom stereocenters. The number of pyridine rings is 1. The van der Waals surface area contributed by atoms with Crippen LogP contribution in [0.15, 0.2) is 58.7 Å². The number of ether oxygens (including phenoxy) is 1. The Morgan fingerprint density at radius 1 is 1.20 bits per heavy atom. The van der Waals surface area contributed by atoms with Crippen molar-refractivity contribution in [2.75, 3.05) is 26.2 Å². The van der Waals surface area contributed by atoms with Gasteiger partial charge in [-0.1, -0.05) is 12.1 Å². The molecular weight excluding hydrogens is 524 g/mol. The van der Waals surface area contributed by atoms with Crippen LogP contribution in [0.25, 0.3) is 0 Å². The maximum Gasteiger partial charge on any atom is 0.242 e. The van der Waals surface area contributed by atoms with Gasteiger partial charge in [-0.05, 0) is 38.1 Å². The van der Waals surface area contributed by atoms with Crippen LogP contribution in [-0.2, 0) is 10.0 Å². The van der Waals surface area contributed by atoms with Gasteiger partial charge in [-0.15, -0.1) is 24.0 Å². The molecular formula is C19H27FIN5O3S. The van der Waals surface area contributed by atoms with Crippen molar-refractivity contribution in [3.8, 4) is 5.75 Å². The summed E-state index contributed by atoms with van der Waals surface area (Å²) >= 11 is 0. The van der Waals surface area contributed by atoms with Crippen LogP contribution < -0.4 is 20.1 Å². The third-order valence-electron chi connectivity index (χ3n) is 3.67. The Bertz CT molecular complexity index is 900. The molecule has 30 heavy (non-hydrogen) atoms. The van der Waals surface area contributed by atoms with Gasteiger partial charge in [-0.3, -0.25) is 4.98 Å². The zero-order valence-electron chi connectivity index (χ0n) is 16.8. The van der Waals surface area contributed by atoms with E-state index in [-0.39, 0.29) is 47.3 Å². The topological polar surface area (TPSA) is 105 Å². The smallest absolute Gasteiger partial charge is 0.242 e. The van der Waals surface area contributed by atoms with Crippen LogP contribution in [0.1, 0.15) is 13.8 Å². The van der Waals surface area contributed by atoms with E-state index >= 15 is 0 Å². The number of nitrogens with one attached hydrogen (secondary N) is 3. The maximum atomic E-state index is 13.6. The zero-order chi connectivity index (χ0) is 21.1. The van der Waals surface area contributed by atoms with Gasteiger partial charge in [-0.2, -0.15) is 0 Å². The maximum absolute atomic E-state index is 13.6. The molecule has 1 atom stereocenters. The van der Waals surface area contributed by atoms with Crippen molar-refractivity contribution in [3.05, 3.63) is 54.6 Å². The molecule has 0 amide bonds. The van der Waals surface area contributed by atoms with E-state index in [1.165, 1.54) is 24.5 Å². The zero-order valence-corrected chi connectivity index (χ0v) is 20.0. The summed E-state index contributed by atoms with van der Waals surface area (Å²) in [5, 5.41) is 6.11. The molecule has 8 nitrogen and oxygen atoms in total. The molecule has 0 bridgehead atoms. The molecule has 0 spiro atoms. The number of aliphatic imine (C=N–C) groups is 1. The summed E-state index contributed by atoms with van der Waals surface area (Å²) in [4.78, 5) is 8.31. The lowest BCUT2D eigenvalue weighted by atomic mass is 10.3. The number of nitrogens with zero attached hydrogens (tertiary/aromatic N) is 2. The third-order valence-corrected chi connectivity index (χ3v) is 5.12. The number of aromatic nitrogens is 1. The predicted octanol–water partition coefficient (Wildman–Crippen LogP) is 2.14. The summed E-state index contributed by atoms with van der Waals surface area (Å²) < 4.78 is 46.0. The van der Waals surface area contributed by atoms with E-state index in [0.717, 1.165) is 0 Å². The molecule has 0 saturated heterocycles. The van der Waals surface area contributed by atoms with E-state index in [1.54, 1.807) is 31.2 Å². The number of para-hydroxylation sites is 1. The van der Waals surface area contributed by atoms with Gasteiger partial charge in [0.05, 0.1) is 6.54 Å². The molecule has 0 radical (unpaired) electrons. The fourth-order valence-electron chi connectivity index (χ4n) is 2.31. The molecule has 11 heteroatoms. The van der Waals surface area contributed by atoms with Gasteiger partial charge in [0.15, 0.2) is 17.5 Å². The first kappa shape index (κ1) is 26.0. The first-order valence-electron chi connectivity index (χ1n) is 9.25. The van der Waals surface area contributed by atoms with E-state index in [2.05, 4.69) is 25.3 Å². The van der Waals surface area contributed by atoms with Gasteiger partial charge in [0, 0.05) is 32.0 Å². The molecule has 2 rings (SSSR count). The van der Waals surface area contributed by atoms with Crippen LogP contribution in [0.3, 0.4) is 0 Å². The minimum atomic E-state index is -3.60. The summed E-state index contributed by atoms with van der Waals surface area (Å²) in [5.74, 6) is 0.268. The SMILES string of the molecule is CCNC(=NCC(C)Oc1ccccc1F)NCCNS(=O)(=O)c1cccnc1.I. The van der Waals surface area contributed by atoms with Crippen LogP contribution in [0, 0.1) is 5.82 Å². The van der Waals surface area contributed by atoms with Crippen LogP contribution in [0.4, 0.5) is 4.39 Å². The highest BCUT2D eigenvalue weighted by molar-refractivity contribution is 14.0. The number of benzene rings is 1. The Hall–Kier alpha value is -1.99. The fourth-order valence-corrected chi connectivity index (χ4v) is 3.31. The number of hydrogen-bond acceptors (Lipinski definition) is 5. The Kier molecular flexibility index (Phi) is 11.6. The van der Waals surface area contributed by atoms with Crippen molar-refractivity contribution in [1.82, 2.24) is 20.3 Å². The van der Waals surface area contributed by atoms with Crippen molar-refractivity contribution in [2.45, 2.75) is 24.8 Å². The van der Waals surface area contributed by atoms with Crippen molar-refractivity contribution < 1.29 is 17.5 Å². The average molecular weight is 551 g/mol. The van der Waals surface area contributed by atoms with Gasteiger partial charge in [0.2, 0.25) is 10.0 Å². The number of guanidine groups is 1. The summed E-state index contributed by atoms with van der Waals surface area (Å²) in [6, 6.07) is 9.24. The molecule has 1 heterocycles. The number of rotatable bonds is 10. The van der Waals surface area contributed by atoms with E-state index in [4.69, 9.17) is 4.74 Å². The largest absolute Gasteiger partial charge is 0.486 e. The Morgan fingerprint density at radius 2 is 1.97 bits per heavy atom. The summed E-state index contributed by atoms with van der Waals surface area (Å²) in [5.41, 5.74) is 0. The van der Waals surface area contributed by atoms with E-state index < -0.39 is 15.8 Å². The van der Waals surface area contributed by atoms with Gasteiger partial charge in [-0.25, -0.2) is 22.5 Å². The molecule has 2 aromatic rings. The van der Waals surface area contributed by atoms with Crippen LogP contribution in [-0.4, -0.2) is 51.6 Å². The predicted molar refractivity (Wildman–Crippen MR) is 125 cm³/mol. The van der Waals surface area contributed by atoms with Crippen LogP contribution >= 0.6 is 24.0 Å². The standard InChI is InChI=1S/C19H26FN5O3S.HI/c1-3-22-19(24-13-15(2)28-18-9-5-4-8-17(18)20)23-11-12-25-29(26,27)16-7-6-10-21-14-16;/h4-10,14-15,25H,3,11-13H2,1-2H3,(H2,22,23,24);1H. The fraction of sp³-hybridized carbons (Fsp3) is 0.368. The van der Waals surface area contributed by atoms with Gasteiger partial charge in [0.25, 0.3) is 0 Å². The van der Waals surface area contributed by atoms with Crippen LogP contribution in [0.5, 0.6) is 5.75 Å². The monoisotopic (exact) mass is 551 g/mol. The molecule has 1 aromatic heterocycles. The molecule has 0 aliphatic heterocycles. The molecule has 0 saturated carbocycles. The molecule has 0 fully saturated rings. The average Bonchev–Trinajstić information content (AvgIpc) is 2.71. The lowest BCUT2D eigenvalue weighted by Gasteiger charge is -2.15. The van der Waals surface area contributed by atoms with Gasteiger partial charge < -0.3 is 15.4 Å². The molecule has 0 aliphatic carbocycles. The lowest BCUT2D eigenvalue weighted by Crippen LogP contribution is -2.42. The van der Waals surface area contributed by atoms with Gasteiger partial charge >= 0.3 is 0 Å². The third kappa shape index (κ3) is 8.79.